The number of ether oxygens (including phenoxy) is 2. The number of hydrogen-bond acceptors (Lipinski definition) is 5. The fourth-order valence-electron chi connectivity index (χ4n) is 3.05. The van der Waals surface area contributed by atoms with Crippen LogP contribution in [0.5, 0.6) is 0 Å². The van der Waals surface area contributed by atoms with Crippen molar-refractivity contribution >= 4 is 16.6 Å². The van der Waals surface area contributed by atoms with Crippen molar-refractivity contribution in [3.8, 4) is 0 Å². The van der Waals surface area contributed by atoms with Crippen molar-refractivity contribution < 1.29 is 18.3 Å². The van der Waals surface area contributed by atoms with Crippen molar-refractivity contribution in [2.45, 2.75) is 77.8 Å². The van der Waals surface area contributed by atoms with Gasteiger partial charge in [0.05, 0.1) is 13.2 Å². The maximum absolute atomic E-state index is 5.84. The fourth-order valence-corrected chi connectivity index (χ4v) is 7.11. The van der Waals surface area contributed by atoms with Crippen LogP contribution in [-0.4, -0.2) is 69.4 Å². The van der Waals surface area contributed by atoms with Crippen molar-refractivity contribution in [2.24, 2.45) is 0 Å². The predicted octanol–water partition coefficient (Wildman–Crippen LogP) is 4.65. The average Bonchev–Trinajstić information content (AvgIpc) is 2.58. The lowest BCUT2D eigenvalue weighted by atomic mass is 10.3. The molecular formula is C20H47NO4Si2. The summed E-state index contributed by atoms with van der Waals surface area (Å²) < 4.78 is 23.0. The zero-order valence-corrected chi connectivity index (χ0v) is 21.0. The van der Waals surface area contributed by atoms with Crippen LogP contribution in [0, 0.1) is 0 Å². The first-order valence-corrected chi connectivity index (χ1v) is 17.2. The van der Waals surface area contributed by atoms with Gasteiger partial charge >= 0.3 is 0 Å². The van der Waals surface area contributed by atoms with Crippen molar-refractivity contribution in [2.75, 3.05) is 52.7 Å². The summed E-state index contributed by atoms with van der Waals surface area (Å²) in [4.78, 5) is 0. The highest BCUT2D eigenvalue weighted by Crippen LogP contribution is 2.15. The summed E-state index contributed by atoms with van der Waals surface area (Å²) in [6, 6.07) is 2.45. The minimum atomic E-state index is -1.41. The minimum absolute atomic E-state index is 0.781. The van der Waals surface area contributed by atoms with Crippen LogP contribution in [0.4, 0.5) is 0 Å². The number of hydrogen-bond donors (Lipinski definition) is 1. The molecule has 0 spiro atoms. The van der Waals surface area contributed by atoms with Crippen LogP contribution >= 0.6 is 0 Å². The van der Waals surface area contributed by atoms with Gasteiger partial charge in [-0.25, -0.2) is 0 Å². The number of rotatable bonds is 20. The monoisotopic (exact) mass is 421 g/mol. The molecule has 0 aromatic rings. The summed E-state index contributed by atoms with van der Waals surface area (Å²) in [7, 11) is -2.81. The molecule has 0 radical (unpaired) electrons. The predicted molar refractivity (Wildman–Crippen MR) is 121 cm³/mol. The van der Waals surface area contributed by atoms with Gasteiger partial charge in [0.15, 0.2) is 16.6 Å². The van der Waals surface area contributed by atoms with Crippen LogP contribution in [0.2, 0.25) is 38.3 Å². The molecule has 0 aliphatic carbocycles. The molecule has 1 N–H and O–H groups in total. The molecule has 0 aromatic heterocycles. The Balaban J connectivity index is 3.23. The second-order valence-electron chi connectivity index (χ2n) is 8.27. The molecule has 0 saturated carbocycles. The molecule has 27 heavy (non-hydrogen) atoms. The van der Waals surface area contributed by atoms with E-state index in [1.165, 1.54) is 24.9 Å². The molecule has 0 rings (SSSR count). The van der Waals surface area contributed by atoms with E-state index < -0.39 is 16.6 Å². The van der Waals surface area contributed by atoms with Gasteiger partial charge in [-0.15, -0.1) is 0 Å². The van der Waals surface area contributed by atoms with E-state index in [1.807, 2.05) is 0 Å². The van der Waals surface area contributed by atoms with E-state index in [1.54, 1.807) is 0 Å². The topological polar surface area (TPSA) is 49.0 Å². The van der Waals surface area contributed by atoms with Crippen LogP contribution in [-0.2, 0) is 18.3 Å². The molecule has 0 aromatic carbocycles. The smallest absolute Gasteiger partial charge is 0.186 e. The van der Waals surface area contributed by atoms with E-state index in [0.29, 0.717) is 0 Å². The average molecular weight is 422 g/mol. The summed E-state index contributed by atoms with van der Waals surface area (Å²) in [6.07, 6.45) is 4.70. The molecule has 0 atom stereocenters. The second kappa shape index (κ2) is 17.1. The Morgan fingerprint density at radius 2 is 1.00 bits per heavy atom. The molecule has 7 heteroatoms. The summed E-state index contributed by atoms with van der Waals surface area (Å²) >= 11 is 0. The Morgan fingerprint density at radius 1 is 0.593 bits per heavy atom. The molecule has 0 heterocycles. The van der Waals surface area contributed by atoms with Gasteiger partial charge in [0.25, 0.3) is 0 Å². The van der Waals surface area contributed by atoms with E-state index in [2.05, 4.69) is 45.4 Å². The molecular weight excluding hydrogens is 374 g/mol. The molecule has 0 unspecified atom stereocenters. The molecule has 0 bridgehead atoms. The highest BCUT2D eigenvalue weighted by atomic mass is 28.4. The zero-order chi connectivity index (χ0) is 20.4. The third-order valence-electron chi connectivity index (χ3n) is 4.55. The lowest BCUT2D eigenvalue weighted by molar-refractivity contribution is 0.118. The van der Waals surface area contributed by atoms with Crippen LogP contribution in [0.25, 0.3) is 0 Å². The first kappa shape index (κ1) is 27.2. The second-order valence-corrected chi connectivity index (χ2v) is 16.9. The van der Waals surface area contributed by atoms with Gasteiger partial charge in [0.2, 0.25) is 0 Å². The van der Waals surface area contributed by atoms with Gasteiger partial charge in [-0.1, -0.05) is 12.8 Å². The molecule has 164 valence electrons. The van der Waals surface area contributed by atoms with Crippen LogP contribution < -0.4 is 5.32 Å². The fraction of sp³-hybridized carbons (Fsp3) is 1.00. The quantitative estimate of drug-likeness (QED) is 0.229. The molecule has 0 saturated heterocycles. The van der Waals surface area contributed by atoms with E-state index in [0.717, 1.165) is 65.6 Å². The Kier molecular flexibility index (Phi) is 17.3. The van der Waals surface area contributed by atoms with Crippen molar-refractivity contribution in [1.29, 1.82) is 0 Å². The third kappa shape index (κ3) is 19.3. The van der Waals surface area contributed by atoms with Crippen molar-refractivity contribution in [3.05, 3.63) is 0 Å². The Hall–Kier alpha value is 0.234. The molecule has 0 amide bonds. The number of nitrogens with one attached hydrogen (secondary N) is 1. The van der Waals surface area contributed by atoms with Gasteiger partial charge in [-0.05, 0) is 65.0 Å². The SMILES string of the molecule is CCO[Si](C)(C)CCCCOCCNCCOCCCC[Si](C)(C)OCC. The van der Waals surface area contributed by atoms with Crippen LogP contribution in [0.1, 0.15) is 39.5 Å². The van der Waals surface area contributed by atoms with Gasteiger partial charge in [-0.3, -0.25) is 0 Å². The molecule has 5 nitrogen and oxygen atoms in total. The van der Waals surface area contributed by atoms with Gasteiger partial charge < -0.3 is 23.6 Å². The summed E-state index contributed by atoms with van der Waals surface area (Å²) in [5.74, 6) is 0. The summed E-state index contributed by atoms with van der Waals surface area (Å²) in [6.45, 7) is 20.1. The first-order valence-electron chi connectivity index (χ1n) is 11.0. The van der Waals surface area contributed by atoms with E-state index in [4.69, 9.17) is 18.3 Å². The largest absolute Gasteiger partial charge is 0.418 e. The van der Waals surface area contributed by atoms with Crippen molar-refractivity contribution in [1.82, 2.24) is 5.32 Å². The van der Waals surface area contributed by atoms with E-state index in [9.17, 15) is 0 Å². The maximum atomic E-state index is 5.84. The minimum Gasteiger partial charge on any atom is -0.418 e. The van der Waals surface area contributed by atoms with Crippen molar-refractivity contribution in [3.63, 3.8) is 0 Å². The third-order valence-corrected chi connectivity index (χ3v) is 9.81. The highest BCUT2D eigenvalue weighted by Gasteiger charge is 2.21. The Morgan fingerprint density at radius 3 is 1.37 bits per heavy atom. The lowest BCUT2D eigenvalue weighted by Crippen LogP contribution is -2.30. The number of unbranched alkanes of at least 4 members (excludes halogenated alkanes) is 2. The zero-order valence-electron chi connectivity index (χ0n) is 19.0. The van der Waals surface area contributed by atoms with Crippen LogP contribution in [0.3, 0.4) is 0 Å². The van der Waals surface area contributed by atoms with E-state index in [-0.39, 0.29) is 0 Å². The standard InChI is InChI=1S/C20H47NO4Si2/c1-7-24-26(3,4)19-11-9-15-22-17-13-21-14-18-23-16-10-12-20-27(5,6)25-8-2/h21H,7-20H2,1-6H3. The lowest BCUT2D eigenvalue weighted by Gasteiger charge is -2.21. The molecule has 0 aliphatic heterocycles. The van der Waals surface area contributed by atoms with E-state index >= 15 is 0 Å². The molecule has 0 fully saturated rings. The summed E-state index contributed by atoms with van der Waals surface area (Å²) in [5.41, 5.74) is 0. The van der Waals surface area contributed by atoms with Crippen LogP contribution in [0.15, 0.2) is 0 Å². The summed E-state index contributed by atoms with van der Waals surface area (Å²) in [5, 5.41) is 3.37. The first-order chi connectivity index (χ1) is 12.8. The maximum Gasteiger partial charge on any atom is 0.186 e. The van der Waals surface area contributed by atoms with Gasteiger partial charge in [0, 0.05) is 39.5 Å². The van der Waals surface area contributed by atoms with Gasteiger partial charge in [-0.2, -0.15) is 0 Å². The Bertz CT molecular complexity index is 301. The highest BCUT2D eigenvalue weighted by molar-refractivity contribution is 6.71. The Labute approximate surface area is 171 Å². The van der Waals surface area contributed by atoms with Gasteiger partial charge in [0.1, 0.15) is 0 Å². The molecule has 0 aliphatic rings. The normalized spacial score (nSPS) is 12.7.